The summed E-state index contributed by atoms with van der Waals surface area (Å²) >= 11 is 0. The number of alkyl carbamates (subject to hydrolysis) is 1. The third kappa shape index (κ3) is 7.15. The molecule has 2 amide bonds. The van der Waals surface area contributed by atoms with Gasteiger partial charge in [0.05, 0.1) is 12.7 Å². The van der Waals surface area contributed by atoms with Gasteiger partial charge < -0.3 is 20.1 Å². The fourth-order valence-corrected chi connectivity index (χ4v) is 1.88. The van der Waals surface area contributed by atoms with E-state index in [1.54, 1.807) is 27.7 Å². The van der Waals surface area contributed by atoms with Gasteiger partial charge in [0.1, 0.15) is 11.6 Å². The second-order valence-electron chi connectivity index (χ2n) is 6.24. The van der Waals surface area contributed by atoms with Crippen LogP contribution >= 0.6 is 0 Å². The number of hydrogen-bond donors (Lipinski definition) is 2. The molecule has 0 heterocycles. The quantitative estimate of drug-likeness (QED) is 0.842. The number of carbonyl (C=O) groups is 2. The van der Waals surface area contributed by atoms with Crippen molar-refractivity contribution in [2.45, 2.75) is 52.0 Å². The lowest BCUT2D eigenvalue weighted by atomic mass is 10.1. The maximum atomic E-state index is 12.0. The third-order valence-electron chi connectivity index (χ3n) is 3.03. The highest BCUT2D eigenvalue weighted by molar-refractivity contribution is 5.86. The van der Waals surface area contributed by atoms with Gasteiger partial charge in [0.2, 0.25) is 5.91 Å². The first-order chi connectivity index (χ1) is 10.7. The van der Waals surface area contributed by atoms with Crippen LogP contribution in [0.5, 0.6) is 0 Å². The van der Waals surface area contributed by atoms with Gasteiger partial charge in [-0.2, -0.15) is 0 Å². The van der Waals surface area contributed by atoms with Crippen LogP contribution in [0.15, 0.2) is 30.3 Å². The van der Waals surface area contributed by atoms with Crippen LogP contribution in [0.3, 0.4) is 0 Å². The van der Waals surface area contributed by atoms with Gasteiger partial charge in [-0.25, -0.2) is 4.79 Å². The largest absolute Gasteiger partial charge is 0.444 e. The number of amides is 2. The zero-order valence-electron chi connectivity index (χ0n) is 14.4. The fourth-order valence-electron chi connectivity index (χ4n) is 1.88. The standard InChI is InChI=1S/C17H26N2O4/c1-12(22-11-13-9-7-6-8-10-13)14(15(20)18-5)19-16(21)23-17(2,3)4/h6-10,12,14H,11H2,1-5H3,(H,18,20)(H,19,21). The SMILES string of the molecule is CNC(=O)C(NC(=O)OC(C)(C)C)C(C)OCc1ccccc1. The van der Waals surface area contributed by atoms with Crippen LogP contribution in [0, 0.1) is 0 Å². The average Bonchev–Trinajstić information content (AvgIpc) is 2.49. The van der Waals surface area contributed by atoms with Crippen molar-refractivity contribution in [2.24, 2.45) is 0 Å². The van der Waals surface area contributed by atoms with E-state index < -0.39 is 23.8 Å². The van der Waals surface area contributed by atoms with Crippen molar-refractivity contribution in [3.05, 3.63) is 35.9 Å². The molecule has 0 aliphatic carbocycles. The Balaban J connectivity index is 2.65. The normalized spacial score (nSPS) is 13.8. The van der Waals surface area contributed by atoms with Gasteiger partial charge in [-0.05, 0) is 33.3 Å². The summed E-state index contributed by atoms with van der Waals surface area (Å²) in [5.74, 6) is -0.337. The molecule has 128 valence electrons. The van der Waals surface area contributed by atoms with Crippen molar-refractivity contribution in [3.8, 4) is 0 Å². The Kier molecular flexibility index (Phi) is 7.03. The zero-order chi connectivity index (χ0) is 17.5. The van der Waals surface area contributed by atoms with Crippen molar-refractivity contribution in [1.29, 1.82) is 0 Å². The summed E-state index contributed by atoms with van der Waals surface area (Å²) in [5, 5.41) is 5.09. The highest BCUT2D eigenvalue weighted by Gasteiger charge is 2.29. The highest BCUT2D eigenvalue weighted by atomic mass is 16.6. The Morgan fingerprint density at radius 2 is 1.78 bits per heavy atom. The summed E-state index contributed by atoms with van der Waals surface area (Å²) in [6, 6.07) is 8.78. The van der Waals surface area contributed by atoms with Crippen molar-refractivity contribution in [2.75, 3.05) is 7.05 Å². The third-order valence-corrected chi connectivity index (χ3v) is 3.03. The molecule has 2 N–H and O–H groups in total. The van der Waals surface area contributed by atoms with Crippen LogP contribution in [0.25, 0.3) is 0 Å². The first-order valence-electron chi connectivity index (χ1n) is 7.59. The molecule has 1 rings (SSSR count). The number of nitrogens with one attached hydrogen (secondary N) is 2. The van der Waals surface area contributed by atoms with Crippen LogP contribution < -0.4 is 10.6 Å². The van der Waals surface area contributed by atoms with Gasteiger partial charge >= 0.3 is 6.09 Å². The van der Waals surface area contributed by atoms with Gasteiger partial charge in [-0.15, -0.1) is 0 Å². The molecule has 0 aliphatic heterocycles. The fraction of sp³-hybridized carbons (Fsp3) is 0.529. The van der Waals surface area contributed by atoms with Crippen molar-refractivity contribution in [3.63, 3.8) is 0 Å². The predicted octanol–water partition coefficient (Wildman–Crippen LogP) is 2.23. The van der Waals surface area contributed by atoms with E-state index in [2.05, 4.69) is 10.6 Å². The van der Waals surface area contributed by atoms with Crippen LogP contribution in [-0.4, -0.2) is 36.8 Å². The van der Waals surface area contributed by atoms with E-state index in [1.165, 1.54) is 7.05 Å². The molecule has 0 aromatic heterocycles. The number of likely N-dealkylation sites (N-methyl/N-ethyl adjacent to an activating group) is 1. The highest BCUT2D eigenvalue weighted by Crippen LogP contribution is 2.10. The molecule has 6 nitrogen and oxygen atoms in total. The van der Waals surface area contributed by atoms with Crippen LogP contribution in [0.4, 0.5) is 4.79 Å². The summed E-state index contributed by atoms with van der Waals surface area (Å²) in [6.45, 7) is 7.37. The smallest absolute Gasteiger partial charge is 0.408 e. The molecule has 0 bridgehead atoms. The first kappa shape index (κ1) is 19.0. The topological polar surface area (TPSA) is 76.7 Å². The van der Waals surface area contributed by atoms with Crippen LogP contribution in [-0.2, 0) is 20.9 Å². The summed E-state index contributed by atoms with van der Waals surface area (Å²) in [6.07, 6.45) is -1.16. The molecule has 0 aliphatic rings. The Morgan fingerprint density at radius 3 is 2.30 bits per heavy atom. The van der Waals surface area contributed by atoms with E-state index >= 15 is 0 Å². The van der Waals surface area contributed by atoms with E-state index in [4.69, 9.17) is 9.47 Å². The minimum absolute atomic E-state index is 0.337. The van der Waals surface area contributed by atoms with Gasteiger partial charge in [0.15, 0.2) is 0 Å². The van der Waals surface area contributed by atoms with Gasteiger partial charge in [0.25, 0.3) is 0 Å². The van der Waals surface area contributed by atoms with Crippen molar-refractivity contribution in [1.82, 2.24) is 10.6 Å². The minimum Gasteiger partial charge on any atom is -0.444 e. The summed E-state index contributed by atoms with van der Waals surface area (Å²) < 4.78 is 10.9. The van der Waals surface area contributed by atoms with E-state index in [0.717, 1.165) is 5.56 Å². The summed E-state index contributed by atoms with van der Waals surface area (Å²) in [7, 11) is 1.51. The molecule has 2 atom stereocenters. The zero-order valence-corrected chi connectivity index (χ0v) is 14.4. The Hall–Kier alpha value is -2.08. The van der Waals surface area contributed by atoms with Gasteiger partial charge in [-0.1, -0.05) is 30.3 Å². The molecule has 6 heteroatoms. The predicted molar refractivity (Wildman–Crippen MR) is 87.9 cm³/mol. The first-order valence-corrected chi connectivity index (χ1v) is 7.59. The number of benzene rings is 1. The monoisotopic (exact) mass is 322 g/mol. The van der Waals surface area contributed by atoms with Crippen molar-refractivity contribution < 1.29 is 19.1 Å². The number of rotatable bonds is 6. The summed E-state index contributed by atoms with van der Waals surface area (Å²) in [4.78, 5) is 23.9. The Bertz CT molecular complexity index is 511. The molecule has 23 heavy (non-hydrogen) atoms. The second-order valence-corrected chi connectivity index (χ2v) is 6.24. The maximum absolute atomic E-state index is 12.0. The lowest BCUT2D eigenvalue weighted by Crippen LogP contribution is -2.53. The van der Waals surface area contributed by atoms with Crippen molar-refractivity contribution >= 4 is 12.0 Å². The molecule has 1 aromatic rings. The molecule has 0 saturated heterocycles. The maximum Gasteiger partial charge on any atom is 0.408 e. The lowest BCUT2D eigenvalue weighted by molar-refractivity contribution is -0.126. The van der Waals surface area contributed by atoms with E-state index in [9.17, 15) is 9.59 Å². The minimum atomic E-state index is -0.835. The lowest BCUT2D eigenvalue weighted by Gasteiger charge is -2.26. The molecule has 1 aromatic carbocycles. The van der Waals surface area contributed by atoms with E-state index in [1.807, 2.05) is 30.3 Å². The van der Waals surface area contributed by atoms with Crippen LogP contribution in [0.2, 0.25) is 0 Å². The molecular weight excluding hydrogens is 296 g/mol. The van der Waals surface area contributed by atoms with E-state index in [0.29, 0.717) is 6.61 Å². The molecule has 0 spiro atoms. The molecule has 2 unspecified atom stereocenters. The second kappa shape index (κ2) is 8.53. The molecule has 0 radical (unpaired) electrons. The molecular formula is C17H26N2O4. The summed E-state index contributed by atoms with van der Waals surface area (Å²) in [5.41, 5.74) is 0.359. The molecule has 0 fully saturated rings. The van der Waals surface area contributed by atoms with Crippen LogP contribution in [0.1, 0.15) is 33.3 Å². The Labute approximate surface area is 137 Å². The number of carbonyl (C=O) groups excluding carboxylic acids is 2. The number of ether oxygens (including phenoxy) is 2. The van der Waals surface area contributed by atoms with Gasteiger partial charge in [0, 0.05) is 7.05 Å². The van der Waals surface area contributed by atoms with Gasteiger partial charge in [-0.3, -0.25) is 4.79 Å². The number of hydrogen-bond acceptors (Lipinski definition) is 4. The Morgan fingerprint density at radius 1 is 1.17 bits per heavy atom. The molecule has 0 saturated carbocycles. The average molecular weight is 322 g/mol. The van der Waals surface area contributed by atoms with E-state index in [-0.39, 0.29) is 5.91 Å².